The average molecular weight is 256 g/mol. The summed E-state index contributed by atoms with van der Waals surface area (Å²) >= 11 is 0. The first-order chi connectivity index (χ1) is 7.70. The van der Waals surface area contributed by atoms with Gasteiger partial charge in [0.05, 0.1) is 6.61 Å². The molecule has 0 radical (unpaired) electrons. The quantitative estimate of drug-likeness (QED) is 0.898. The van der Waals surface area contributed by atoms with Crippen LogP contribution in [-0.2, 0) is 19.3 Å². The van der Waals surface area contributed by atoms with Gasteiger partial charge in [0.25, 0.3) is 0 Å². The van der Waals surface area contributed by atoms with Crippen LogP contribution in [0.2, 0.25) is 0 Å². The van der Waals surface area contributed by atoms with E-state index >= 15 is 0 Å². The molecule has 0 aromatic heterocycles. The van der Waals surface area contributed by atoms with Gasteiger partial charge in [0.15, 0.2) is 0 Å². The first-order valence-electron chi connectivity index (χ1n) is 6.23. The van der Waals surface area contributed by atoms with Gasteiger partial charge in [-0.3, -0.25) is 0 Å². The van der Waals surface area contributed by atoms with Crippen LogP contribution >= 0.6 is 12.4 Å². The Balaban J connectivity index is 0.00000144. The Labute approximate surface area is 110 Å². The molecule has 1 aromatic carbocycles. The molecule has 0 spiro atoms. The van der Waals surface area contributed by atoms with Crippen molar-refractivity contribution in [3.63, 3.8) is 0 Å². The van der Waals surface area contributed by atoms with Crippen molar-refractivity contribution in [3.05, 3.63) is 28.8 Å². The van der Waals surface area contributed by atoms with Crippen LogP contribution in [0.25, 0.3) is 0 Å². The van der Waals surface area contributed by atoms with Gasteiger partial charge >= 0.3 is 0 Å². The second-order valence-electron chi connectivity index (χ2n) is 4.70. The third-order valence-corrected chi connectivity index (χ3v) is 3.12. The van der Waals surface area contributed by atoms with Crippen molar-refractivity contribution in [1.29, 1.82) is 0 Å². The van der Waals surface area contributed by atoms with Crippen molar-refractivity contribution in [2.45, 2.75) is 45.6 Å². The Kier molecular flexibility index (Phi) is 5.29. The zero-order chi connectivity index (χ0) is 11.5. The molecule has 1 atom stereocenters. The number of fused-ring (bicyclic) bond motifs is 1. The van der Waals surface area contributed by atoms with Gasteiger partial charge in [0.2, 0.25) is 0 Å². The smallest absolute Gasteiger partial charge is 0.122 e. The van der Waals surface area contributed by atoms with E-state index in [1.807, 2.05) is 13.8 Å². The fraction of sp³-hybridized carbons (Fsp3) is 0.571. The Hall–Kier alpha value is -0.730. The van der Waals surface area contributed by atoms with Crippen LogP contribution in [0.1, 0.15) is 37.0 Å². The summed E-state index contributed by atoms with van der Waals surface area (Å²) in [5.74, 6) is 1.04. The summed E-state index contributed by atoms with van der Waals surface area (Å²) in [7, 11) is 0. The number of hydrogen-bond donors (Lipinski definition) is 1. The van der Waals surface area contributed by atoms with E-state index in [0.29, 0.717) is 0 Å². The highest BCUT2D eigenvalue weighted by Gasteiger charge is 2.15. The molecule has 3 heteroatoms. The van der Waals surface area contributed by atoms with Crippen LogP contribution in [0.5, 0.6) is 5.75 Å². The van der Waals surface area contributed by atoms with Gasteiger partial charge in [0.1, 0.15) is 5.75 Å². The molecular formula is C14H22ClNO. The summed E-state index contributed by atoms with van der Waals surface area (Å²) in [6.07, 6.45) is 4.60. The first kappa shape index (κ1) is 14.3. The Morgan fingerprint density at radius 3 is 2.53 bits per heavy atom. The molecule has 0 saturated heterocycles. The summed E-state index contributed by atoms with van der Waals surface area (Å²) in [6, 6.07) is 4.72. The Morgan fingerprint density at radius 2 is 1.94 bits per heavy atom. The van der Waals surface area contributed by atoms with E-state index in [4.69, 9.17) is 10.5 Å². The summed E-state index contributed by atoms with van der Waals surface area (Å²) in [6.45, 7) is 4.80. The fourth-order valence-corrected chi connectivity index (χ4v) is 2.45. The molecule has 0 fully saturated rings. The minimum atomic E-state index is 0. The summed E-state index contributed by atoms with van der Waals surface area (Å²) < 4.78 is 5.71. The molecule has 1 aliphatic carbocycles. The largest absolute Gasteiger partial charge is 0.494 e. The van der Waals surface area contributed by atoms with Gasteiger partial charge < -0.3 is 10.5 Å². The molecule has 2 N–H and O–H groups in total. The first-order valence-corrected chi connectivity index (χ1v) is 6.23. The summed E-state index contributed by atoms with van der Waals surface area (Å²) in [5.41, 5.74) is 10.1. The van der Waals surface area contributed by atoms with E-state index in [1.165, 1.54) is 36.0 Å². The minimum Gasteiger partial charge on any atom is -0.494 e. The molecule has 2 nitrogen and oxygen atoms in total. The predicted molar refractivity (Wildman–Crippen MR) is 74.2 cm³/mol. The second kappa shape index (κ2) is 6.27. The third kappa shape index (κ3) is 3.36. The van der Waals surface area contributed by atoms with Crippen molar-refractivity contribution < 1.29 is 4.74 Å². The van der Waals surface area contributed by atoms with Gasteiger partial charge in [-0.1, -0.05) is 6.07 Å². The van der Waals surface area contributed by atoms with Crippen LogP contribution in [0, 0.1) is 0 Å². The topological polar surface area (TPSA) is 35.2 Å². The van der Waals surface area contributed by atoms with Crippen molar-refractivity contribution in [1.82, 2.24) is 0 Å². The molecule has 2 rings (SSSR count). The van der Waals surface area contributed by atoms with E-state index < -0.39 is 0 Å². The van der Waals surface area contributed by atoms with Crippen molar-refractivity contribution in [3.8, 4) is 5.75 Å². The summed E-state index contributed by atoms with van der Waals surface area (Å²) in [4.78, 5) is 0. The number of rotatable bonds is 4. The maximum atomic E-state index is 5.88. The number of ether oxygens (including phenoxy) is 1. The predicted octanol–water partition coefficient (Wildman–Crippen LogP) is 2.89. The van der Waals surface area contributed by atoms with Crippen LogP contribution < -0.4 is 10.5 Å². The zero-order valence-electron chi connectivity index (χ0n) is 10.7. The van der Waals surface area contributed by atoms with E-state index in [1.54, 1.807) is 0 Å². The van der Waals surface area contributed by atoms with Gasteiger partial charge in [-0.25, -0.2) is 0 Å². The van der Waals surface area contributed by atoms with Crippen molar-refractivity contribution in [2.75, 3.05) is 6.61 Å². The highest BCUT2D eigenvalue weighted by Crippen LogP contribution is 2.30. The van der Waals surface area contributed by atoms with Gasteiger partial charge in [0, 0.05) is 6.04 Å². The highest BCUT2D eigenvalue weighted by atomic mass is 35.5. The lowest BCUT2D eigenvalue weighted by Crippen LogP contribution is -2.18. The molecule has 0 heterocycles. The van der Waals surface area contributed by atoms with Gasteiger partial charge in [-0.05, 0) is 62.3 Å². The molecule has 0 aliphatic heterocycles. The third-order valence-electron chi connectivity index (χ3n) is 3.12. The standard InChI is InChI=1S/C14H21NO.ClH/c1-3-16-14-9-12-6-4-5-11(12)8-13(14)7-10(2)15;/h8-10H,3-7,15H2,1-2H3;1H. The van der Waals surface area contributed by atoms with Crippen LogP contribution in [0.4, 0.5) is 0 Å². The van der Waals surface area contributed by atoms with Crippen LogP contribution in [0.15, 0.2) is 12.1 Å². The summed E-state index contributed by atoms with van der Waals surface area (Å²) in [5, 5.41) is 0. The Bertz CT molecular complexity index is 377. The number of hydrogen-bond acceptors (Lipinski definition) is 2. The molecule has 0 bridgehead atoms. The highest BCUT2D eigenvalue weighted by molar-refractivity contribution is 5.85. The maximum absolute atomic E-state index is 5.88. The van der Waals surface area contributed by atoms with E-state index in [2.05, 4.69) is 12.1 Å². The molecule has 0 saturated carbocycles. The maximum Gasteiger partial charge on any atom is 0.122 e. The lowest BCUT2D eigenvalue weighted by atomic mass is 10.0. The number of aryl methyl sites for hydroxylation is 2. The average Bonchev–Trinajstić information content (AvgIpc) is 2.64. The number of benzene rings is 1. The van der Waals surface area contributed by atoms with E-state index in [0.717, 1.165) is 18.8 Å². The molecule has 96 valence electrons. The number of halogens is 1. The Morgan fingerprint density at radius 1 is 1.29 bits per heavy atom. The molecule has 1 aromatic rings. The van der Waals surface area contributed by atoms with Gasteiger partial charge in [-0.15, -0.1) is 12.4 Å². The van der Waals surface area contributed by atoms with E-state index in [-0.39, 0.29) is 18.4 Å². The van der Waals surface area contributed by atoms with Crippen molar-refractivity contribution in [2.24, 2.45) is 5.73 Å². The van der Waals surface area contributed by atoms with Gasteiger partial charge in [-0.2, -0.15) is 0 Å². The normalized spacial score (nSPS) is 15.0. The van der Waals surface area contributed by atoms with E-state index in [9.17, 15) is 0 Å². The lowest BCUT2D eigenvalue weighted by Gasteiger charge is -2.14. The van der Waals surface area contributed by atoms with Crippen molar-refractivity contribution >= 4 is 12.4 Å². The number of nitrogens with two attached hydrogens (primary N) is 1. The lowest BCUT2D eigenvalue weighted by molar-refractivity contribution is 0.335. The monoisotopic (exact) mass is 255 g/mol. The fourth-order valence-electron chi connectivity index (χ4n) is 2.45. The van der Waals surface area contributed by atoms with Crippen LogP contribution in [-0.4, -0.2) is 12.6 Å². The zero-order valence-corrected chi connectivity index (χ0v) is 11.5. The SMILES string of the molecule is CCOc1cc2c(cc1CC(C)N)CCC2.Cl. The molecular weight excluding hydrogens is 234 g/mol. The molecule has 1 unspecified atom stereocenters. The van der Waals surface area contributed by atoms with Crippen LogP contribution in [0.3, 0.4) is 0 Å². The molecule has 17 heavy (non-hydrogen) atoms. The molecule has 1 aliphatic rings. The minimum absolute atomic E-state index is 0. The molecule has 0 amide bonds. The second-order valence-corrected chi connectivity index (χ2v) is 4.70.